The van der Waals surface area contributed by atoms with Crippen molar-refractivity contribution in [2.75, 3.05) is 29.9 Å². The van der Waals surface area contributed by atoms with Gasteiger partial charge in [0.2, 0.25) is 5.95 Å². The van der Waals surface area contributed by atoms with E-state index in [2.05, 4.69) is 43.0 Å². The molecule has 0 bridgehead atoms. The summed E-state index contributed by atoms with van der Waals surface area (Å²) in [5, 5.41) is 12.6. The van der Waals surface area contributed by atoms with E-state index in [-0.39, 0.29) is 6.61 Å². The molecule has 0 aliphatic heterocycles. The largest absolute Gasteiger partial charge is 0.395 e. The molecule has 118 valence electrons. The number of aliphatic hydroxyl groups excluding tert-OH is 1. The Morgan fingerprint density at radius 2 is 2.14 bits per heavy atom. The van der Waals surface area contributed by atoms with Crippen LogP contribution in [0.25, 0.3) is 0 Å². The molecule has 0 unspecified atom stereocenters. The molecule has 2 N–H and O–H groups in total. The molecule has 1 aliphatic rings. The van der Waals surface area contributed by atoms with Crippen molar-refractivity contribution in [1.82, 2.24) is 9.97 Å². The predicted molar refractivity (Wildman–Crippen MR) is 89.8 cm³/mol. The molecule has 0 amide bonds. The zero-order valence-electron chi connectivity index (χ0n) is 12.7. The molecule has 1 heterocycles. The number of halogens is 1. The molecule has 6 heteroatoms. The van der Waals surface area contributed by atoms with Crippen LogP contribution in [-0.2, 0) is 0 Å². The molecule has 0 spiro atoms. The molecule has 1 saturated carbocycles. The first kappa shape index (κ1) is 16.5. The zero-order valence-corrected chi connectivity index (χ0v) is 14.3. The van der Waals surface area contributed by atoms with Gasteiger partial charge in [0.25, 0.3) is 0 Å². The fourth-order valence-corrected chi connectivity index (χ4v) is 3.26. The van der Waals surface area contributed by atoms with Crippen molar-refractivity contribution in [3.05, 3.63) is 10.7 Å². The van der Waals surface area contributed by atoms with Gasteiger partial charge in [-0.3, -0.25) is 0 Å². The molecule has 5 nitrogen and oxygen atoms in total. The lowest BCUT2D eigenvalue weighted by molar-refractivity contribution is 0.289. The van der Waals surface area contributed by atoms with Gasteiger partial charge in [0.1, 0.15) is 5.82 Å². The van der Waals surface area contributed by atoms with Crippen LogP contribution < -0.4 is 10.2 Å². The second-order valence-corrected chi connectivity index (χ2v) is 6.36. The number of aromatic nitrogens is 2. The Morgan fingerprint density at radius 3 is 2.81 bits per heavy atom. The summed E-state index contributed by atoms with van der Waals surface area (Å²) in [6.45, 7) is 3.75. The maximum atomic E-state index is 9.41. The molecule has 21 heavy (non-hydrogen) atoms. The zero-order chi connectivity index (χ0) is 15.1. The summed E-state index contributed by atoms with van der Waals surface area (Å²) in [7, 11) is 0. The molecule has 1 aliphatic carbocycles. The molecule has 0 atom stereocenters. The Bertz CT molecular complexity index is 438. The van der Waals surface area contributed by atoms with Crippen LogP contribution in [0.5, 0.6) is 0 Å². The summed E-state index contributed by atoms with van der Waals surface area (Å²) in [6, 6.07) is 0.469. The van der Waals surface area contributed by atoms with E-state index < -0.39 is 0 Å². The molecule has 2 rings (SSSR count). The second-order valence-electron chi connectivity index (χ2n) is 5.50. The van der Waals surface area contributed by atoms with Crippen molar-refractivity contribution in [3.8, 4) is 0 Å². The highest BCUT2D eigenvalue weighted by Crippen LogP contribution is 2.31. The van der Waals surface area contributed by atoms with Gasteiger partial charge in [-0.2, -0.15) is 4.98 Å². The van der Waals surface area contributed by atoms with E-state index in [1.165, 1.54) is 32.1 Å². The molecule has 0 aromatic carbocycles. The van der Waals surface area contributed by atoms with Crippen molar-refractivity contribution in [2.45, 2.75) is 51.5 Å². The first-order valence-corrected chi connectivity index (χ1v) is 8.69. The maximum absolute atomic E-state index is 9.41. The fourth-order valence-electron chi connectivity index (χ4n) is 2.84. The predicted octanol–water partition coefficient (Wildman–Crippen LogP) is 3.19. The summed E-state index contributed by atoms with van der Waals surface area (Å²) in [4.78, 5) is 11.2. The highest BCUT2D eigenvalue weighted by atomic mass is 79.9. The Morgan fingerprint density at radius 1 is 1.38 bits per heavy atom. The third kappa shape index (κ3) is 4.54. The van der Waals surface area contributed by atoms with Crippen LogP contribution in [0.4, 0.5) is 11.8 Å². The van der Waals surface area contributed by atoms with Gasteiger partial charge in [0.15, 0.2) is 0 Å². The number of nitrogens with one attached hydrogen (secondary N) is 1. The third-order valence-electron chi connectivity index (χ3n) is 3.89. The molecule has 1 fully saturated rings. The quantitative estimate of drug-likeness (QED) is 0.785. The van der Waals surface area contributed by atoms with E-state index >= 15 is 0 Å². The van der Waals surface area contributed by atoms with Gasteiger partial charge in [0, 0.05) is 25.3 Å². The van der Waals surface area contributed by atoms with Crippen molar-refractivity contribution in [1.29, 1.82) is 0 Å². The van der Waals surface area contributed by atoms with Crippen LogP contribution in [0.3, 0.4) is 0 Å². The second kappa shape index (κ2) is 8.54. The maximum Gasteiger partial charge on any atom is 0.224 e. The molecular weight excluding hydrogens is 332 g/mol. The van der Waals surface area contributed by atoms with Crippen LogP contribution >= 0.6 is 15.9 Å². The van der Waals surface area contributed by atoms with Crippen molar-refractivity contribution < 1.29 is 5.11 Å². The SMILES string of the molecule is CCCNc1ncc(Br)c(N(CCO)C2CCCCC2)n1. The van der Waals surface area contributed by atoms with E-state index in [0.717, 1.165) is 23.3 Å². The Labute approximate surface area is 135 Å². The highest BCUT2D eigenvalue weighted by Gasteiger charge is 2.24. The summed E-state index contributed by atoms with van der Waals surface area (Å²) in [5.74, 6) is 1.55. The van der Waals surface area contributed by atoms with Gasteiger partial charge < -0.3 is 15.3 Å². The summed E-state index contributed by atoms with van der Waals surface area (Å²) in [6.07, 6.45) is 9.03. The minimum atomic E-state index is 0.144. The number of anilines is 2. The van der Waals surface area contributed by atoms with E-state index in [9.17, 15) is 5.11 Å². The van der Waals surface area contributed by atoms with E-state index in [0.29, 0.717) is 18.5 Å². The summed E-state index contributed by atoms with van der Waals surface area (Å²) >= 11 is 3.56. The monoisotopic (exact) mass is 356 g/mol. The van der Waals surface area contributed by atoms with Gasteiger partial charge in [-0.25, -0.2) is 4.98 Å². The number of hydrogen-bond donors (Lipinski definition) is 2. The van der Waals surface area contributed by atoms with Crippen molar-refractivity contribution in [2.24, 2.45) is 0 Å². The smallest absolute Gasteiger partial charge is 0.224 e. The summed E-state index contributed by atoms with van der Waals surface area (Å²) in [5.41, 5.74) is 0. The van der Waals surface area contributed by atoms with Gasteiger partial charge >= 0.3 is 0 Å². The lowest BCUT2D eigenvalue weighted by Gasteiger charge is -2.35. The van der Waals surface area contributed by atoms with Gasteiger partial charge in [-0.15, -0.1) is 0 Å². The Kier molecular flexibility index (Phi) is 6.70. The lowest BCUT2D eigenvalue weighted by Crippen LogP contribution is -2.39. The molecule has 0 radical (unpaired) electrons. The third-order valence-corrected chi connectivity index (χ3v) is 4.45. The molecule has 1 aromatic rings. The van der Waals surface area contributed by atoms with E-state index in [1.807, 2.05) is 0 Å². The fraction of sp³-hybridized carbons (Fsp3) is 0.733. The van der Waals surface area contributed by atoms with Crippen LogP contribution in [0.1, 0.15) is 45.4 Å². The van der Waals surface area contributed by atoms with E-state index in [1.54, 1.807) is 6.20 Å². The number of hydrogen-bond acceptors (Lipinski definition) is 5. The first-order chi connectivity index (χ1) is 10.3. The molecular formula is C15H25BrN4O. The number of nitrogens with zero attached hydrogens (tertiary/aromatic N) is 3. The number of aliphatic hydroxyl groups is 1. The van der Waals surface area contributed by atoms with Crippen LogP contribution in [-0.4, -0.2) is 40.8 Å². The van der Waals surface area contributed by atoms with Gasteiger partial charge in [0.05, 0.1) is 11.1 Å². The first-order valence-electron chi connectivity index (χ1n) is 7.90. The minimum absolute atomic E-state index is 0.144. The standard InChI is InChI=1S/C15H25BrN4O/c1-2-8-17-15-18-11-13(16)14(19-15)20(9-10-21)12-6-4-3-5-7-12/h11-12,21H,2-10H2,1H3,(H,17,18,19). The van der Waals surface area contributed by atoms with Crippen molar-refractivity contribution in [3.63, 3.8) is 0 Å². The van der Waals surface area contributed by atoms with Crippen LogP contribution in [0.15, 0.2) is 10.7 Å². The Hall–Kier alpha value is -0.880. The van der Waals surface area contributed by atoms with Crippen LogP contribution in [0, 0.1) is 0 Å². The normalized spacial score (nSPS) is 16.0. The van der Waals surface area contributed by atoms with Gasteiger partial charge in [-0.05, 0) is 35.2 Å². The Balaban J connectivity index is 2.20. The minimum Gasteiger partial charge on any atom is -0.395 e. The molecule has 1 aromatic heterocycles. The summed E-state index contributed by atoms with van der Waals surface area (Å²) < 4.78 is 0.892. The molecule has 0 saturated heterocycles. The topological polar surface area (TPSA) is 61.3 Å². The van der Waals surface area contributed by atoms with Crippen LogP contribution in [0.2, 0.25) is 0 Å². The lowest BCUT2D eigenvalue weighted by atomic mass is 9.94. The van der Waals surface area contributed by atoms with Crippen molar-refractivity contribution >= 4 is 27.7 Å². The van der Waals surface area contributed by atoms with E-state index in [4.69, 9.17) is 0 Å². The average Bonchev–Trinajstić information content (AvgIpc) is 2.53. The highest BCUT2D eigenvalue weighted by molar-refractivity contribution is 9.10. The van der Waals surface area contributed by atoms with Gasteiger partial charge in [-0.1, -0.05) is 26.2 Å². The average molecular weight is 357 g/mol. The number of rotatable bonds is 7.